The fourth-order valence-corrected chi connectivity index (χ4v) is 3.21. The van der Waals surface area contributed by atoms with Crippen LogP contribution >= 0.6 is 0 Å². The van der Waals surface area contributed by atoms with Gasteiger partial charge in [0.15, 0.2) is 12.4 Å². The fraction of sp³-hybridized carbons (Fsp3) is 0.400. The summed E-state index contributed by atoms with van der Waals surface area (Å²) in [6.07, 6.45) is 0.554. The lowest BCUT2D eigenvalue weighted by atomic mass is 10.2. The first kappa shape index (κ1) is 23.5. The molecule has 0 radical (unpaired) electrons. The van der Waals surface area contributed by atoms with E-state index in [2.05, 4.69) is 9.47 Å². The van der Waals surface area contributed by atoms with Crippen molar-refractivity contribution in [2.24, 2.45) is 0 Å². The number of hydrogen-bond acceptors (Lipinski definition) is 6. The summed E-state index contributed by atoms with van der Waals surface area (Å²) < 4.78 is 81.6. The predicted octanol–water partition coefficient (Wildman–Crippen LogP) is 2.88. The number of amides is 1. The molecule has 0 saturated carbocycles. The minimum absolute atomic E-state index is 0.0689. The second-order valence-corrected chi connectivity index (χ2v) is 6.96. The Labute approximate surface area is 179 Å². The molecular weight excluding hydrogens is 443 g/mol. The maximum absolute atomic E-state index is 13.7. The van der Waals surface area contributed by atoms with Crippen molar-refractivity contribution in [3.8, 4) is 5.75 Å². The first-order valence-corrected chi connectivity index (χ1v) is 9.54. The highest BCUT2D eigenvalue weighted by Crippen LogP contribution is 2.29. The van der Waals surface area contributed by atoms with E-state index in [-0.39, 0.29) is 12.3 Å². The molecule has 1 saturated heterocycles. The molecule has 0 bridgehead atoms. The molecule has 7 nitrogen and oxygen atoms in total. The van der Waals surface area contributed by atoms with Crippen molar-refractivity contribution in [1.82, 2.24) is 9.80 Å². The first-order valence-electron chi connectivity index (χ1n) is 9.54. The highest BCUT2D eigenvalue weighted by molar-refractivity contribution is 5.86. The summed E-state index contributed by atoms with van der Waals surface area (Å²) in [5, 5.41) is 0. The molecule has 1 aliphatic rings. The van der Waals surface area contributed by atoms with Gasteiger partial charge in [-0.15, -0.1) is 0 Å². The SMILES string of the molecule is COC(=O)c1ccc(CN2CCCN(C(=O)COc3c(F)c(F)c(F)c(F)c3F)CC2)o1. The average Bonchev–Trinajstić information content (AvgIpc) is 3.13. The Hall–Kier alpha value is -3.15. The number of methoxy groups -OCH3 is 1. The molecule has 1 fully saturated rings. The van der Waals surface area contributed by atoms with E-state index < -0.39 is 53.3 Å². The van der Waals surface area contributed by atoms with E-state index in [9.17, 15) is 31.5 Å². The lowest BCUT2D eigenvalue weighted by Crippen LogP contribution is -2.38. The molecule has 1 aromatic heterocycles. The lowest BCUT2D eigenvalue weighted by Gasteiger charge is -2.21. The standard InChI is InChI=1S/C20H19F5N2O5/c1-30-20(29)12-4-3-11(32-12)9-26-5-2-6-27(8-7-26)13(28)10-31-19-17(24)15(22)14(21)16(23)18(19)25/h3-4H,2,5-10H2,1H3. The van der Waals surface area contributed by atoms with Gasteiger partial charge in [0.25, 0.3) is 5.91 Å². The largest absolute Gasteiger partial charge is 0.477 e. The Morgan fingerprint density at radius 2 is 1.59 bits per heavy atom. The molecule has 0 unspecified atom stereocenters. The van der Waals surface area contributed by atoms with Gasteiger partial charge in [-0.1, -0.05) is 0 Å². The number of benzene rings is 1. The highest BCUT2D eigenvalue weighted by Gasteiger charge is 2.28. The van der Waals surface area contributed by atoms with Gasteiger partial charge in [0, 0.05) is 26.2 Å². The van der Waals surface area contributed by atoms with Gasteiger partial charge >= 0.3 is 5.97 Å². The van der Waals surface area contributed by atoms with Crippen molar-refractivity contribution in [3.63, 3.8) is 0 Å². The number of ether oxygens (including phenoxy) is 2. The van der Waals surface area contributed by atoms with Crippen molar-refractivity contribution in [1.29, 1.82) is 0 Å². The van der Waals surface area contributed by atoms with E-state index in [0.29, 0.717) is 38.4 Å². The van der Waals surface area contributed by atoms with E-state index in [1.54, 1.807) is 6.07 Å². The molecule has 1 aromatic carbocycles. The highest BCUT2D eigenvalue weighted by atomic mass is 19.2. The van der Waals surface area contributed by atoms with Crippen LogP contribution in [0.3, 0.4) is 0 Å². The molecule has 12 heteroatoms. The summed E-state index contributed by atoms with van der Waals surface area (Å²) in [4.78, 5) is 27.2. The van der Waals surface area contributed by atoms with Crippen molar-refractivity contribution in [2.45, 2.75) is 13.0 Å². The van der Waals surface area contributed by atoms with Gasteiger partial charge < -0.3 is 18.8 Å². The lowest BCUT2D eigenvalue weighted by molar-refractivity contribution is -0.133. The molecule has 0 spiro atoms. The monoisotopic (exact) mass is 462 g/mol. The maximum Gasteiger partial charge on any atom is 0.373 e. The molecule has 0 aliphatic carbocycles. The number of carbonyl (C=O) groups excluding carboxylic acids is 2. The molecule has 1 amide bonds. The zero-order chi connectivity index (χ0) is 23.4. The number of esters is 1. The number of halogens is 5. The summed E-state index contributed by atoms with van der Waals surface area (Å²) in [5.74, 6) is -13.0. The van der Waals surface area contributed by atoms with Gasteiger partial charge in [0.2, 0.25) is 34.8 Å². The van der Waals surface area contributed by atoms with Crippen LogP contribution in [0.2, 0.25) is 0 Å². The summed E-state index contributed by atoms with van der Waals surface area (Å²) in [6.45, 7) is 1.05. The first-order chi connectivity index (χ1) is 15.2. The molecule has 3 rings (SSSR count). The van der Waals surface area contributed by atoms with Crippen LogP contribution in [0, 0.1) is 29.1 Å². The van der Waals surface area contributed by atoms with Gasteiger partial charge in [0.05, 0.1) is 13.7 Å². The number of hydrogen-bond donors (Lipinski definition) is 0. The van der Waals surface area contributed by atoms with Crippen molar-refractivity contribution in [2.75, 3.05) is 39.9 Å². The topological polar surface area (TPSA) is 72.2 Å². The molecule has 32 heavy (non-hydrogen) atoms. The Morgan fingerprint density at radius 1 is 0.938 bits per heavy atom. The van der Waals surface area contributed by atoms with E-state index in [4.69, 9.17) is 4.42 Å². The zero-order valence-corrected chi connectivity index (χ0v) is 16.9. The minimum atomic E-state index is -2.30. The van der Waals surface area contributed by atoms with E-state index in [1.807, 2.05) is 4.90 Å². The third-order valence-electron chi connectivity index (χ3n) is 4.88. The molecule has 0 atom stereocenters. The summed E-state index contributed by atoms with van der Waals surface area (Å²) >= 11 is 0. The third-order valence-corrected chi connectivity index (χ3v) is 4.88. The molecular formula is C20H19F5N2O5. The number of rotatable bonds is 6. The van der Waals surface area contributed by atoms with Crippen LogP contribution in [0.5, 0.6) is 5.75 Å². The number of nitrogens with zero attached hydrogens (tertiary/aromatic N) is 2. The average molecular weight is 462 g/mol. The fourth-order valence-electron chi connectivity index (χ4n) is 3.21. The Bertz CT molecular complexity index is 984. The van der Waals surface area contributed by atoms with Crippen LogP contribution in [-0.2, 0) is 16.1 Å². The van der Waals surface area contributed by atoms with Crippen LogP contribution < -0.4 is 4.74 Å². The van der Waals surface area contributed by atoms with E-state index >= 15 is 0 Å². The maximum atomic E-state index is 13.7. The number of carbonyl (C=O) groups is 2. The van der Waals surface area contributed by atoms with Crippen LogP contribution in [0.1, 0.15) is 22.7 Å². The molecule has 2 heterocycles. The van der Waals surface area contributed by atoms with Gasteiger partial charge in [-0.2, -0.15) is 8.78 Å². The van der Waals surface area contributed by atoms with Gasteiger partial charge in [0.1, 0.15) is 5.76 Å². The van der Waals surface area contributed by atoms with Crippen LogP contribution in [0.25, 0.3) is 0 Å². The van der Waals surface area contributed by atoms with Crippen molar-refractivity contribution in [3.05, 3.63) is 52.7 Å². The predicted molar refractivity (Wildman–Crippen MR) is 98.2 cm³/mol. The third kappa shape index (κ3) is 5.01. The summed E-state index contributed by atoms with van der Waals surface area (Å²) in [7, 11) is 1.24. The Kier molecular flexibility index (Phi) is 7.33. The summed E-state index contributed by atoms with van der Waals surface area (Å²) in [6, 6.07) is 3.13. The van der Waals surface area contributed by atoms with Crippen LogP contribution in [0.15, 0.2) is 16.5 Å². The smallest absolute Gasteiger partial charge is 0.373 e. The van der Waals surface area contributed by atoms with E-state index in [1.165, 1.54) is 18.1 Å². The normalized spacial score (nSPS) is 14.9. The van der Waals surface area contributed by atoms with Crippen molar-refractivity contribution >= 4 is 11.9 Å². The van der Waals surface area contributed by atoms with Crippen molar-refractivity contribution < 1.29 is 45.4 Å². The second kappa shape index (κ2) is 9.98. The summed E-state index contributed by atoms with van der Waals surface area (Å²) in [5.41, 5.74) is 0. The van der Waals surface area contributed by atoms with E-state index in [0.717, 1.165) is 0 Å². The van der Waals surface area contributed by atoms with Gasteiger partial charge in [-0.3, -0.25) is 9.69 Å². The Morgan fingerprint density at radius 3 is 2.25 bits per heavy atom. The molecule has 0 N–H and O–H groups in total. The molecule has 2 aromatic rings. The van der Waals surface area contributed by atoms with Crippen LogP contribution in [-0.4, -0.2) is 61.6 Å². The zero-order valence-electron chi connectivity index (χ0n) is 16.9. The van der Waals surface area contributed by atoms with Gasteiger partial charge in [-0.25, -0.2) is 18.0 Å². The van der Waals surface area contributed by atoms with Crippen LogP contribution in [0.4, 0.5) is 22.0 Å². The quantitative estimate of drug-likeness (QED) is 0.285. The van der Waals surface area contributed by atoms with Gasteiger partial charge in [-0.05, 0) is 18.6 Å². The minimum Gasteiger partial charge on any atom is -0.477 e. The molecule has 1 aliphatic heterocycles. The Balaban J connectivity index is 1.56. The number of furan rings is 1. The molecule has 174 valence electrons. The second-order valence-electron chi connectivity index (χ2n) is 6.96.